The summed E-state index contributed by atoms with van der Waals surface area (Å²) in [5.74, 6) is -0.754. The summed E-state index contributed by atoms with van der Waals surface area (Å²) in [5.41, 5.74) is 0. The number of likely N-dealkylation sites (N-methyl/N-ethyl adjacent to an activating group) is 1. The number of hydrogen-bond acceptors (Lipinski definition) is 3. The van der Waals surface area contributed by atoms with E-state index in [-0.39, 0.29) is 10.9 Å². The molecule has 0 radical (unpaired) electrons. The van der Waals surface area contributed by atoms with Gasteiger partial charge in [-0.15, -0.1) is 0 Å². The molecule has 18 heavy (non-hydrogen) atoms. The van der Waals surface area contributed by atoms with Crippen LogP contribution in [0.3, 0.4) is 0 Å². The molecule has 0 aromatic heterocycles. The molecule has 1 aromatic carbocycles. The summed E-state index contributed by atoms with van der Waals surface area (Å²) in [7, 11) is -2.36. The second kappa shape index (κ2) is 5.24. The predicted octanol–water partition coefficient (Wildman–Crippen LogP) is 2.00. The van der Waals surface area contributed by atoms with Gasteiger partial charge >= 0.3 is 0 Å². The molecule has 4 nitrogen and oxygen atoms in total. The number of hydrogen-bond donors (Lipinski definition) is 0. The Bertz CT molecular complexity index is 543. The van der Waals surface area contributed by atoms with Crippen molar-refractivity contribution in [3.8, 4) is 0 Å². The molecule has 1 aliphatic heterocycles. The maximum absolute atomic E-state index is 13.7. The highest BCUT2D eigenvalue weighted by atomic mass is 79.9. The van der Waals surface area contributed by atoms with Gasteiger partial charge in [0.1, 0.15) is 10.7 Å². The maximum Gasteiger partial charge on any atom is 0.246 e. The summed E-state index contributed by atoms with van der Waals surface area (Å²) in [4.78, 5) is -0.305. The Balaban J connectivity index is 2.35. The smallest absolute Gasteiger partial charge is 0.246 e. The Labute approximate surface area is 114 Å². The van der Waals surface area contributed by atoms with E-state index in [1.807, 2.05) is 0 Å². The van der Waals surface area contributed by atoms with Crippen LogP contribution < -0.4 is 0 Å². The zero-order valence-corrected chi connectivity index (χ0v) is 12.2. The molecule has 0 bridgehead atoms. The average molecular weight is 338 g/mol. The van der Waals surface area contributed by atoms with E-state index in [0.717, 1.165) is 6.07 Å². The molecule has 1 fully saturated rings. The van der Waals surface area contributed by atoms with Crippen molar-refractivity contribution in [3.63, 3.8) is 0 Å². The minimum atomic E-state index is -3.81. The second-order valence-electron chi connectivity index (χ2n) is 4.11. The summed E-state index contributed by atoms with van der Waals surface area (Å²) < 4.78 is 45.1. The van der Waals surface area contributed by atoms with E-state index in [9.17, 15) is 12.8 Å². The number of rotatable bonds is 3. The molecule has 1 saturated heterocycles. The minimum Gasteiger partial charge on any atom is -0.380 e. The Morgan fingerprint density at radius 3 is 2.78 bits per heavy atom. The molecule has 1 aromatic rings. The fraction of sp³-hybridized carbons (Fsp3) is 0.455. The van der Waals surface area contributed by atoms with Crippen molar-refractivity contribution in [2.45, 2.75) is 17.4 Å². The predicted molar refractivity (Wildman–Crippen MR) is 68.3 cm³/mol. The van der Waals surface area contributed by atoms with Crippen LogP contribution in [0, 0.1) is 5.82 Å². The average Bonchev–Trinajstić information content (AvgIpc) is 2.80. The number of ether oxygens (including phenoxy) is 1. The zero-order valence-electron chi connectivity index (χ0n) is 9.77. The van der Waals surface area contributed by atoms with Crippen molar-refractivity contribution < 1.29 is 17.5 Å². The minimum absolute atomic E-state index is 0.224. The molecule has 0 aliphatic carbocycles. The molecule has 1 unspecified atom stereocenters. The zero-order chi connectivity index (χ0) is 13.3. The van der Waals surface area contributed by atoms with Gasteiger partial charge in [-0.1, -0.05) is 15.9 Å². The van der Waals surface area contributed by atoms with Crippen LogP contribution in [0.5, 0.6) is 0 Å². The van der Waals surface area contributed by atoms with E-state index < -0.39 is 15.8 Å². The Morgan fingerprint density at radius 1 is 1.50 bits per heavy atom. The molecule has 7 heteroatoms. The quantitative estimate of drug-likeness (QED) is 0.847. The van der Waals surface area contributed by atoms with E-state index in [2.05, 4.69) is 15.9 Å². The third-order valence-corrected chi connectivity index (χ3v) is 5.41. The molecule has 100 valence electrons. The maximum atomic E-state index is 13.7. The van der Waals surface area contributed by atoms with Crippen LogP contribution >= 0.6 is 15.9 Å². The normalized spacial score (nSPS) is 20.6. The van der Waals surface area contributed by atoms with E-state index in [0.29, 0.717) is 24.1 Å². The SMILES string of the molecule is CN(C1CCOC1)S(=O)(=O)c1ccc(Br)cc1F. The standard InChI is InChI=1S/C11H13BrFNO3S/c1-14(9-4-5-17-7-9)18(15,16)11-3-2-8(12)6-10(11)13/h2-3,6,9H,4-5,7H2,1H3. The van der Waals surface area contributed by atoms with Gasteiger partial charge in [-0.25, -0.2) is 12.8 Å². The van der Waals surface area contributed by atoms with Crippen molar-refractivity contribution in [2.75, 3.05) is 20.3 Å². The highest BCUT2D eigenvalue weighted by molar-refractivity contribution is 9.10. The molecule has 0 saturated carbocycles. The topological polar surface area (TPSA) is 46.6 Å². The van der Waals surface area contributed by atoms with Crippen molar-refractivity contribution >= 4 is 26.0 Å². The molecule has 0 amide bonds. The van der Waals surface area contributed by atoms with Crippen molar-refractivity contribution in [3.05, 3.63) is 28.5 Å². The Hall–Kier alpha value is -0.500. The lowest BCUT2D eigenvalue weighted by molar-refractivity contribution is 0.180. The number of benzene rings is 1. The Morgan fingerprint density at radius 2 is 2.22 bits per heavy atom. The molecule has 1 aliphatic rings. The van der Waals surface area contributed by atoms with Crippen molar-refractivity contribution in [1.29, 1.82) is 0 Å². The monoisotopic (exact) mass is 337 g/mol. The lowest BCUT2D eigenvalue weighted by Gasteiger charge is -2.22. The van der Waals surface area contributed by atoms with Gasteiger partial charge in [0.2, 0.25) is 10.0 Å². The summed E-state index contributed by atoms with van der Waals surface area (Å²) in [6, 6.07) is 3.69. The lowest BCUT2D eigenvalue weighted by Crippen LogP contribution is -2.37. The van der Waals surface area contributed by atoms with Gasteiger partial charge in [0, 0.05) is 18.1 Å². The molecule has 1 heterocycles. The van der Waals surface area contributed by atoms with Gasteiger partial charge in [0.05, 0.1) is 12.6 Å². The van der Waals surface area contributed by atoms with Crippen LogP contribution in [0.4, 0.5) is 4.39 Å². The largest absolute Gasteiger partial charge is 0.380 e. The lowest BCUT2D eigenvalue weighted by atomic mass is 10.3. The van der Waals surface area contributed by atoms with Crippen LogP contribution in [0.15, 0.2) is 27.6 Å². The van der Waals surface area contributed by atoms with Crippen LogP contribution in [-0.4, -0.2) is 39.0 Å². The van der Waals surface area contributed by atoms with Crippen LogP contribution in [0.25, 0.3) is 0 Å². The number of sulfonamides is 1. The molecule has 0 spiro atoms. The third kappa shape index (κ3) is 2.59. The van der Waals surface area contributed by atoms with Crippen molar-refractivity contribution in [2.24, 2.45) is 0 Å². The summed E-state index contributed by atoms with van der Waals surface area (Å²) in [6.07, 6.45) is 0.633. The highest BCUT2D eigenvalue weighted by Crippen LogP contribution is 2.25. The summed E-state index contributed by atoms with van der Waals surface area (Å²) in [5, 5.41) is 0. The molecular formula is C11H13BrFNO3S. The van der Waals surface area contributed by atoms with E-state index in [1.165, 1.54) is 23.5 Å². The van der Waals surface area contributed by atoms with Gasteiger partial charge in [0.15, 0.2) is 0 Å². The van der Waals surface area contributed by atoms with E-state index in [4.69, 9.17) is 4.74 Å². The first-order valence-electron chi connectivity index (χ1n) is 5.44. The van der Waals surface area contributed by atoms with Gasteiger partial charge in [-0.3, -0.25) is 0 Å². The molecule has 0 N–H and O–H groups in total. The first kappa shape index (κ1) is 13.9. The van der Waals surface area contributed by atoms with Crippen LogP contribution in [-0.2, 0) is 14.8 Å². The van der Waals surface area contributed by atoms with Gasteiger partial charge in [0.25, 0.3) is 0 Å². The van der Waals surface area contributed by atoms with Crippen LogP contribution in [0.1, 0.15) is 6.42 Å². The Kier molecular flexibility index (Phi) is 4.05. The fourth-order valence-corrected chi connectivity index (χ4v) is 3.59. The van der Waals surface area contributed by atoms with Gasteiger partial charge < -0.3 is 4.74 Å². The highest BCUT2D eigenvalue weighted by Gasteiger charge is 2.32. The fourth-order valence-electron chi connectivity index (χ4n) is 1.84. The summed E-state index contributed by atoms with van der Waals surface area (Å²) >= 11 is 3.10. The number of halogens is 2. The molecular weight excluding hydrogens is 325 g/mol. The van der Waals surface area contributed by atoms with E-state index in [1.54, 1.807) is 0 Å². The summed E-state index contributed by atoms with van der Waals surface area (Å²) in [6.45, 7) is 0.890. The van der Waals surface area contributed by atoms with Gasteiger partial charge in [-0.2, -0.15) is 4.31 Å². The first-order valence-corrected chi connectivity index (χ1v) is 7.67. The van der Waals surface area contributed by atoms with Crippen LogP contribution in [0.2, 0.25) is 0 Å². The molecule has 2 rings (SSSR count). The molecule has 1 atom stereocenters. The third-order valence-electron chi connectivity index (χ3n) is 2.97. The van der Waals surface area contributed by atoms with E-state index >= 15 is 0 Å². The van der Waals surface area contributed by atoms with Crippen molar-refractivity contribution in [1.82, 2.24) is 4.31 Å². The second-order valence-corrected chi connectivity index (χ2v) is 7.00. The first-order chi connectivity index (χ1) is 8.43. The van der Waals surface area contributed by atoms with Gasteiger partial charge in [-0.05, 0) is 24.6 Å². The number of nitrogens with zero attached hydrogens (tertiary/aromatic N) is 1.